The number of hydrogen-bond donors (Lipinski definition) is 1. The van der Waals surface area contributed by atoms with Crippen LogP contribution in [0, 0.1) is 0 Å². The zero-order valence-electron chi connectivity index (χ0n) is 21.2. The number of nitrogens with one attached hydrogen (secondary N) is 1. The van der Waals surface area contributed by atoms with Crippen LogP contribution in [0.2, 0.25) is 0 Å². The van der Waals surface area contributed by atoms with Crippen molar-refractivity contribution in [3.8, 4) is 0 Å². The molecule has 0 bridgehead atoms. The van der Waals surface area contributed by atoms with Gasteiger partial charge in [0.2, 0.25) is 12.2 Å². The number of rotatable bonds is 8. The average molecular weight is 542 g/mol. The van der Waals surface area contributed by atoms with Gasteiger partial charge in [-0.2, -0.15) is 0 Å². The number of para-hydroxylation sites is 1. The molecule has 0 aliphatic carbocycles. The summed E-state index contributed by atoms with van der Waals surface area (Å²) >= 11 is 0. The standard InChI is InChI=1S/C26H26N2O11/c1-15(29)35-20-21(36-16(2)30)23(25(32)34-14-18-10-6-4-7-11-18)38-24(22(20)37-17(3)31)28-39-26(33)27-19-12-8-5-9-13-19/h4-13,20-23H,14H2,1-3H3,(H,27,33)/b28-24-/t20-,21-,22+,23-/m0/s1. The minimum absolute atomic E-state index is 0.166. The van der Waals surface area contributed by atoms with Crippen LogP contribution >= 0.6 is 0 Å². The first-order valence-corrected chi connectivity index (χ1v) is 11.6. The molecule has 1 fully saturated rings. The number of oxime groups is 1. The van der Waals surface area contributed by atoms with Crippen molar-refractivity contribution >= 4 is 41.6 Å². The zero-order valence-corrected chi connectivity index (χ0v) is 21.2. The molecule has 1 N–H and O–H groups in total. The normalized spacial score (nSPS) is 21.1. The van der Waals surface area contributed by atoms with Crippen LogP contribution in [0.1, 0.15) is 26.3 Å². The van der Waals surface area contributed by atoms with Gasteiger partial charge in [-0.05, 0) is 22.9 Å². The number of anilines is 1. The van der Waals surface area contributed by atoms with Gasteiger partial charge in [0.05, 0.1) is 0 Å². The molecular weight excluding hydrogens is 516 g/mol. The van der Waals surface area contributed by atoms with Gasteiger partial charge < -0.3 is 23.7 Å². The Labute approximate surface area is 222 Å². The van der Waals surface area contributed by atoms with Gasteiger partial charge in [0.15, 0.2) is 12.2 Å². The van der Waals surface area contributed by atoms with Gasteiger partial charge in [-0.3, -0.25) is 24.5 Å². The molecule has 3 rings (SSSR count). The molecule has 0 unspecified atom stereocenters. The van der Waals surface area contributed by atoms with Gasteiger partial charge >= 0.3 is 30.0 Å². The number of benzene rings is 2. The third-order valence-corrected chi connectivity index (χ3v) is 5.00. The van der Waals surface area contributed by atoms with E-state index < -0.39 is 60.3 Å². The Hall–Kier alpha value is -4.94. The highest BCUT2D eigenvalue weighted by molar-refractivity contribution is 5.91. The monoisotopic (exact) mass is 542 g/mol. The Morgan fingerprint density at radius 2 is 1.36 bits per heavy atom. The van der Waals surface area contributed by atoms with Crippen LogP contribution in [-0.2, 0) is 54.3 Å². The Bertz CT molecular complexity index is 1220. The maximum absolute atomic E-state index is 13.1. The number of amides is 1. The van der Waals surface area contributed by atoms with Crippen LogP contribution in [0.3, 0.4) is 0 Å². The largest absolute Gasteiger partial charge is 0.458 e. The molecule has 1 aliphatic rings. The highest BCUT2D eigenvalue weighted by atomic mass is 16.7. The molecule has 0 spiro atoms. The lowest BCUT2D eigenvalue weighted by Crippen LogP contribution is -2.62. The number of nitrogens with zero attached hydrogens (tertiary/aromatic N) is 1. The highest BCUT2D eigenvalue weighted by Gasteiger charge is 2.54. The van der Waals surface area contributed by atoms with Crippen molar-refractivity contribution in [3.05, 3.63) is 66.2 Å². The Morgan fingerprint density at radius 3 is 1.95 bits per heavy atom. The molecule has 4 atom stereocenters. The summed E-state index contributed by atoms with van der Waals surface area (Å²) in [6.45, 7) is 2.99. The van der Waals surface area contributed by atoms with E-state index >= 15 is 0 Å². The van der Waals surface area contributed by atoms with E-state index in [1.54, 1.807) is 60.7 Å². The summed E-state index contributed by atoms with van der Waals surface area (Å²) in [7, 11) is 0. The van der Waals surface area contributed by atoms with Gasteiger partial charge in [-0.25, -0.2) is 9.59 Å². The van der Waals surface area contributed by atoms with E-state index in [2.05, 4.69) is 10.5 Å². The molecule has 2 aromatic carbocycles. The minimum atomic E-state index is -1.74. The van der Waals surface area contributed by atoms with Gasteiger partial charge in [-0.1, -0.05) is 48.5 Å². The summed E-state index contributed by atoms with van der Waals surface area (Å²) < 4.78 is 26.7. The van der Waals surface area contributed by atoms with E-state index in [1.807, 2.05) is 0 Å². The van der Waals surface area contributed by atoms with Gasteiger partial charge in [-0.15, -0.1) is 0 Å². The van der Waals surface area contributed by atoms with Crippen LogP contribution in [-0.4, -0.2) is 60.3 Å². The van der Waals surface area contributed by atoms with E-state index in [1.165, 1.54) is 0 Å². The molecule has 13 nitrogen and oxygen atoms in total. The van der Waals surface area contributed by atoms with Crippen molar-refractivity contribution < 1.29 is 52.5 Å². The van der Waals surface area contributed by atoms with Crippen molar-refractivity contribution in [2.75, 3.05) is 5.32 Å². The molecule has 1 aliphatic heterocycles. The molecule has 2 aromatic rings. The first-order valence-electron chi connectivity index (χ1n) is 11.6. The van der Waals surface area contributed by atoms with Crippen molar-refractivity contribution in [2.24, 2.45) is 5.16 Å². The molecule has 13 heteroatoms. The fourth-order valence-corrected chi connectivity index (χ4v) is 3.50. The summed E-state index contributed by atoms with van der Waals surface area (Å²) in [5, 5.41) is 6.01. The van der Waals surface area contributed by atoms with E-state index in [0.717, 1.165) is 20.8 Å². The lowest BCUT2D eigenvalue weighted by molar-refractivity contribution is -0.203. The maximum atomic E-state index is 13.1. The van der Waals surface area contributed by atoms with Crippen LogP contribution in [0.25, 0.3) is 0 Å². The SMILES string of the molecule is CC(=O)O[C@H]1[C@H](OC(C)=O)[C@@H](OC(C)=O)/C(=N/OC(=O)Nc2ccccc2)O[C@@H]1C(=O)OCc1ccccc1. The predicted octanol–water partition coefficient (Wildman–Crippen LogP) is 2.49. The van der Waals surface area contributed by atoms with Gasteiger partial charge in [0, 0.05) is 26.5 Å². The third-order valence-electron chi connectivity index (χ3n) is 5.00. The molecule has 1 amide bonds. The van der Waals surface area contributed by atoms with Crippen molar-refractivity contribution in [2.45, 2.75) is 51.8 Å². The number of hydrogen-bond acceptors (Lipinski definition) is 12. The Kier molecular flexibility index (Phi) is 9.95. The van der Waals surface area contributed by atoms with Crippen molar-refractivity contribution in [1.82, 2.24) is 0 Å². The van der Waals surface area contributed by atoms with E-state index in [-0.39, 0.29) is 6.61 Å². The zero-order chi connectivity index (χ0) is 28.4. The lowest BCUT2D eigenvalue weighted by atomic mass is 9.98. The van der Waals surface area contributed by atoms with Crippen molar-refractivity contribution in [1.29, 1.82) is 0 Å². The van der Waals surface area contributed by atoms with E-state index in [4.69, 9.17) is 28.5 Å². The second-order valence-corrected chi connectivity index (χ2v) is 8.11. The second kappa shape index (κ2) is 13.6. The number of carbonyl (C=O) groups is 5. The molecular formula is C26H26N2O11. The van der Waals surface area contributed by atoms with Crippen LogP contribution in [0.5, 0.6) is 0 Å². The first kappa shape index (κ1) is 28.6. The molecule has 206 valence electrons. The predicted molar refractivity (Wildman–Crippen MR) is 132 cm³/mol. The molecule has 1 heterocycles. The van der Waals surface area contributed by atoms with Crippen LogP contribution < -0.4 is 5.32 Å². The van der Waals surface area contributed by atoms with E-state index in [9.17, 15) is 24.0 Å². The summed E-state index contributed by atoms with van der Waals surface area (Å²) in [4.78, 5) is 65.9. The summed E-state index contributed by atoms with van der Waals surface area (Å²) in [5.41, 5.74) is 1.04. The number of esters is 4. The van der Waals surface area contributed by atoms with E-state index in [0.29, 0.717) is 11.3 Å². The molecule has 0 aromatic heterocycles. The van der Waals surface area contributed by atoms with Crippen LogP contribution in [0.4, 0.5) is 10.5 Å². The Morgan fingerprint density at radius 1 is 0.795 bits per heavy atom. The summed E-state index contributed by atoms with van der Waals surface area (Å²) in [6.07, 6.45) is -7.67. The first-order chi connectivity index (χ1) is 18.6. The third kappa shape index (κ3) is 8.55. The fraction of sp³-hybridized carbons (Fsp3) is 0.308. The fourth-order valence-electron chi connectivity index (χ4n) is 3.50. The average Bonchev–Trinajstić information content (AvgIpc) is 2.89. The maximum Gasteiger partial charge on any atom is 0.437 e. The smallest absolute Gasteiger partial charge is 0.437 e. The summed E-state index contributed by atoms with van der Waals surface area (Å²) in [6, 6.07) is 16.9. The quantitative estimate of drug-likeness (QED) is 0.225. The molecule has 39 heavy (non-hydrogen) atoms. The van der Waals surface area contributed by atoms with Crippen molar-refractivity contribution in [3.63, 3.8) is 0 Å². The Balaban J connectivity index is 1.92. The molecule has 1 saturated heterocycles. The molecule has 0 saturated carbocycles. The highest BCUT2D eigenvalue weighted by Crippen LogP contribution is 2.27. The lowest BCUT2D eigenvalue weighted by Gasteiger charge is -2.39. The second-order valence-electron chi connectivity index (χ2n) is 8.11. The number of carbonyl (C=O) groups excluding carboxylic acids is 5. The van der Waals surface area contributed by atoms with Gasteiger partial charge in [0.25, 0.3) is 5.90 Å². The van der Waals surface area contributed by atoms with Crippen LogP contribution in [0.15, 0.2) is 65.8 Å². The van der Waals surface area contributed by atoms with Gasteiger partial charge in [0.1, 0.15) is 6.61 Å². The molecule has 0 radical (unpaired) electrons. The topological polar surface area (TPSA) is 165 Å². The number of ether oxygens (including phenoxy) is 5. The minimum Gasteiger partial charge on any atom is -0.458 e. The summed E-state index contributed by atoms with van der Waals surface area (Å²) in [5.74, 6) is -4.24.